The van der Waals surface area contributed by atoms with Gasteiger partial charge in [-0.1, -0.05) is 0 Å². The second-order valence-corrected chi connectivity index (χ2v) is 6.97. The van der Waals surface area contributed by atoms with Crippen LogP contribution in [-0.4, -0.2) is 29.6 Å². The maximum atomic E-state index is 5.77. The Bertz CT molecular complexity index is 643. The first-order valence-corrected chi connectivity index (χ1v) is 8.61. The van der Waals surface area contributed by atoms with E-state index in [4.69, 9.17) is 10.7 Å². The molecular formula is C16H20N4S. The molecule has 0 unspecified atom stereocenters. The van der Waals surface area contributed by atoms with Crippen LogP contribution in [0, 0.1) is 5.92 Å². The number of nitrogens with zero attached hydrogens (tertiary/aromatic N) is 3. The van der Waals surface area contributed by atoms with Crippen LogP contribution in [0.15, 0.2) is 17.6 Å². The molecule has 1 fully saturated rings. The minimum atomic E-state index is 0.669. The van der Waals surface area contributed by atoms with Gasteiger partial charge in [0.1, 0.15) is 0 Å². The van der Waals surface area contributed by atoms with Gasteiger partial charge in [0, 0.05) is 29.7 Å². The molecule has 0 amide bonds. The molecule has 2 N–H and O–H groups in total. The summed E-state index contributed by atoms with van der Waals surface area (Å²) >= 11 is 1.85. The van der Waals surface area contributed by atoms with Crippen LogP contribution < -0.4 is 10.6 Å². The summed E-state index contributed by atoms with van der Waals surface area (Å²) in [5, 5.41) is 2.17. The Balaban J connectivity index is 1.63. The van der Waals surface area contributed by atoms with Crippen molar-refractivity contribution < 1.29 is 0 Å². The molecule has 0 bridgehead atoms. The molecule has 1 aliphatic heterocycles. The van der Waals surface area contributed by atoms with Crippen LogP contribution in [0.25, 0.3) is 11.3 Å². The molecule has 2 aromatic heterocycles. The van der Waals surface area contributed by atoms with E-state index in [0.717, 1.165) is 57.0 Å². The normalized spacial score (nSPS) is 18.4. The number of piperidine rings is 1. The molecule has 0 radical (unpaired) electrons. The highest BCUT2D eigenvalue weighted by Crippen LogP contribution is 2.36. The van der Waals surface area contributed by atoms with E-state index in [2.05, 4.69) is 21.3 Å². The van der Waals surface area contributed by atoms with E-state index >= 15 is 0 Å². The van der Waals surface area contributed by atoms with E-state index in [-0.39, 0.29) is 0 Å². The van der Waals surface area contributed by atoms with Gasteiger partial charge in [0.2, 0.25) is 5.95 Å². The largest absolute Gasteiger partial charge is 0.341 e. The van der Waals surface area contributed by atoms with Crippen LogP contribution in [0.1, 0.15) is 23.3 Å². The number of nitrogens with two attached hydrogens (primary N) is 1. The van der Waals surface area contributed by atoms with Crippen molar-refractivity contribution >= 4 is 17.3 Å². The molecule has 4 rings (SSSR count). The Morgan fingerprint density at radius 2 is 2.14 bits per heavy atom. The molecule has 3 heterocycles. The van der Waals surface area contributed by atoms with Crippen molar-refractivity contribution in [2.75, 3.05) is 24.5 Å². The predicted octanol–water partition coefficient (Wildman–Crippen LogP) is 2.48. The topological polar surface area (TPSA) is 55.0 Å². The molecular weight excluding hydrogens is 280 g/mol. The van der Waals surface area contributed by atoms with Crippen LogP contribution in [-0.2, 0) is 12.8 Å². The lowest BCUT2D eigenvalue weighted by molar-refractivity contribution is 0.411. The second kappa shape index (κ2) is 5.39. The SMILES string of the molecule is NCC1CCN(c2ncc3c(n2)-c2ccsc2CC3)CC1. The van der Waals surface area contributed by atoms with Crippen LogP contribution >= 0.6 is 11.3 Å². The number of fused-ring (bicyclic) bond motifs is 3. The predicted molar refractivity (Wildman–Crippen MR) is 86.7 cm³/mol. The first-order valence-electron chi connectivity index (χ1n) is 7.73. The van der Waals surface area contributed by atoms with E-state index in [1.807, 2.05) is 17.5 Å². The zero-order valence-corrected chi connectivity index (χ0v) is 12.9. The lowest BCUT2D eigenvalue weighted by Gasteiger charge is -2.31. The quantitative estimate of drug-likeness (QED) is 0.926. The summed E-state index contributed by atoms with van der Waals surface area (Å²) < 4.78 is 0. The van der Waals surface area contributed by atoms with Crippen molar-refractivity contribution in [1.29, 1.82) is 0 Å². The summed E-state index contributed by atoms with van der Waals surface area (Å²) in [7, 11) is 0. The first kappa shape index (κ1) is 13.2. The average molecular weight is 300 g/mol. The Hall–Kier alpha value is -1.46. The van der Waals surface area contributed by atoms with Gasteiger partial charge >= 0.3 is 0 Å². The van der Waals surface area contributed by atoms with Crippen molar-refractivity contribution in [2.24, 2.45) is 11.7 Å². The Morgan fingerprint density at radius 3 is 2.95 bits per heavy atom. The van der Waals surface area contributed by atoms with Gasteiger partial charge in [-0.3, -0.25) is 0 Å². The summed E-state index contributed by atoms with van der Waals surface area (Å²) in [4.78, 5) is 13.3. The van der Waals surface area contributed by atoms with Crippen LogP contribution in [0.4, 0.5) is 5.95 Å². The van der Waals surface area contributed by atoms with Gasteiger partial charge in [0.15, 0.2) is 0 Å². The maximum Gasteiger partial charge on any atom is 0.225 e. The van der Waals surface area contributed by atoms with E-state index in [9.17, 15) is 0 Å². The third-order valence-electron chi connectivity index (χ3n) is 4.70. The lowest BCUT2D eigenvalue weighted by Crippen LogP contribution is -2.37. The summed E-state index contributed by atoms with van der Waals surface area (Å²) in [5.41, 5.74) is 9.54. The number of aryl methyl sites for hydroxylation is 2. The molecule has 110 valence electrons. The Morgan fingerprint density at radius 1 is 1.29 bits per heavy atom. The van der Waals surface area contributed by atoms with E-state index in [1.54, 1.807) is 0 Å². The number of hydrogen-bond donors (Lipinski definition) is 1. The number of anilines is 1. The molecule has 2 aliphatic rings. The summed E-state index contributed by atoms with van der Waals surface area (Å²) in [6.07, 6.45) is 6.54. The maximum absolute atomic E-state index is 5.77. The van der Waals surface area contributed by atoms with Crippen LogP contribution in [0.3, 0.4) is 0 Å². The van der Waals surface area contributed by atoms with Crippen molar-refractivity contribution in [3.8, 4) is 11.3 Å². The lowest BCUT2D eigenvalue weighted by atomic mass is 9.96. The van der Waals surface area contributed by atoms with Gasteiger partial charge in [-0.25, -0.2) is 9.97 Å². The van der Waals surface area contributed by atoms with E-state index in [0.29, 0.717) is 5.92 Å². The van der Waals surface area contributed by atoms with Crippen LogP contribution in [0.2, 0.25) is 0 Å². The van der Waals surface area contributed by atoms with Crippen molar-refractivity contribution in [3.63, 3.8) is 0 Å². The summed E-state index contributed by atoms with van der Waals surface area (Å²) in [5.74, 6) is 1.56. The average Bonchev–Trinajstić information content (AvgIpc) is 3.03. The number of thiophene rings is 1. The minimum absolute atomic E-state index is 0.669. The molecule has 21 heavy (non-hydrogen) atoms. The molecule has 4 nitrogen and oxygen atoms in total. The smallest absolute Gasteiger partial charge is 0.225 e. The third kappa shape index (κ3) is 2.34. The molecule has 1 saturated heterocycles. The highest BCUT2D eigenvalue weighted by Gasteiger charge is 2.23. The van der Waals surface area contributed by atoms with Gasteiger partial charge in [-0.2, -0.15) is 0 Å². The Labute approximate surface area is 129 Å². The fourth-order valence-corrected chi connectivity index (χ4v) is 4.21. The van der Waals surface area contributed by atoms with Crippen molar-refractivity contribution in [1.82, 2.24) is 9.97 Å². The van der Waals surface area contributed by atoms with Crippen molar-refractivity contribution in [2.45, 2.75) is 25.7 Å². The van der Waals surface area contributed by atoms with Crippen molar-refractivity contribution in [3.05, 3.63) is 28.1 Å². The highest BCUT2D eigenvalue weighted by atomic mass is 32.1. The van der Waals surface area contributed by atoms with E-state index < -0.39 is 0 Å². The van der Waals surface area contributed by atoms with Gasteiger partial charge < -0.3 is 10.6 Å². The third-order valence-corrected chi connectivity index (χ3v) is 5.69. The standard InChI is InChI=1S/C16H20N4S/c17-9-11-3-6-20(7-4-11)16-18-10-12-1-2-14-13(5-8-21-14)15(12)19-16/h5,8,10-11H,1-4,6-7,9,17H2. The number of aromatic nitrogens is 2. The Kier molecular flexibility index (Phi) is 3.39. The summed E-state index contributed by atoms with van der Waals surface area (Å²) in [6, 6.07) is 2.20. The number of rotatable bonds is 2. The second-order valence-electron chi connectivity index (χ2n) is 5.97. The zero-order valence-electron chi connectivity index (χ0n) is 12.1. The fourth-order valence-electron chi connectivity index (χ4n) is 3.33. The van der Waals surface area contributed by atoms with Gasteiger partial charge in [0.05, 0.1) is 5.69 Å². The van der Waals surface area contributed by atoms with Gasteiger partial charge in [-0.15, -0.1) is 11.3 Å². The molecule has 1 aliphatic carbocycles. The zero-order chi connectivity index (χ0) is 14.2. The van der Waals surface area contributed by atoms with E-state index in [1.165, 1.54) is 16.0 Å². The molecule has 0 aromatic carbocycles. The minimum Gasteiger partial charge on any atom is -0.341 e. The first-order chi connectivity index (χ1) is 10.3. The number of hydrogen-bond acceptors (Lipinski definition) is 5. The molecule has 2 aromatic rings. The highest BCUT2D eigenvalue weighted by molar-refractivity contribution is 7.10. The summed E-state index contributed by atoms with van der Waals surface area (Å²) in [6.45, 7) is 2.85. The molecule has 0 atom stereocenters. The fraction of sp³-hybridized carbons (Fsp3) is 0.500. The monoisotopic (exact) mass is 300 g/mol. The van der Waals surface area contributed by atoms with Crippen LogP contribution in [0.5, 0.6) is 0 Å². The van der Waals surface area contributed by atoms with Gasteiger partial charge in [0.25, 0.3) is 0 Å². The molecule has 0 saturated carbocycles. The molecule has 5 heteroatoms. The molecule has 0 spiro atoms. The van der Waals surface area contributed by atoms with Gasteiger partial charge in [-0.05, 0) is 55.2 Å².